The molecule has 0 heterocycles. The summed E-state index contributed by atoms with van der Waals surface area (Å²) < 4.78 is 10.5. The van der Waals surface area contributed by atoms with Crippen LogP contribution in [-0.4, -0.2) is 61.0 Å². The molecule has 1 aromatic rings. The second kappa shape index (κ2) is 9.17. The van der Waals surface area contributed by atoms with Gasteiger partial charge in [0.1, 0.15) is 11.5 Å². The van der Waals surface area contributed by atoms with Crippen LogP contribution in [0.4, 0.5) is 0 Å². The van der Waals surface area contributed by atoms with Crippen LogP contribution in [0.25, 0.3) is 0 Å². The predicted octanol–water partition coefficient (Wildman–Crippen LogP) is 0.277. The Morgan fingerprint density at radius 3 is 2.15 bits per heavy atom. The first kappa shape index (κ1) is 16.3. The van der Waals surface area contributed by atoms with E-state index in [1.54, 1.807) is 31.4 Å². The number of methoxy groups -OCH3 is 1. The van der Waals surface area contributed by atoms with E-state index in [0.717, 1.165) is 5.75 Å². The fourth-order valence-electron chi connectivity index (χ4n) is 1.69. The molecule has 0 aromatic heterocycles. The maximum absolute atomic E-state index is 11.8. The Kier molecular flexibility index (Phi) is 7.46. The van der Waals surface area contributed by atoms with Crippen LogP contribution in [0.3, 0.4) is 0 Å². The van der Waals surface area contributed by atoms with E-state index in [2.05, 4.69) is 0 Å². The minimum absolute atomic E-state index is 0.120. The zero-order valence-electron chi connectivity index (χ0n) is 11.6. The van der Waals surface area contributed by atoms with Gasteiger partial charge < -0.3 is 24.6 Å². The van der Waals surface area contributed by atoms with E-state index < -0.39 is 0 Å². The summed E-state index contributed by atoms with van der Waals surface area (Å²) in [4.78, 5) is 13.2. The largest absolute Gasteiger partial charge is 0.497 e. The average molecular weight is 283 g/mol. The Morgan fingerprint density at radius 1 is 1.10 bits per heavy atom. The smallest absolute Gasteiger partial charge is 0.226 e. The molecule has 6 nitrogen and oxygen atoms in total. The SMILES string of the molecule is COc1ccc(OCCC(=O)N(CCO)CCO)cc1. The number of carbonyl (C=O) groups is 1. The highest BCUT2D eigenvalue weighted by molar-refractivity contribution is 5.76. The molecule has 0 saturated heterocycles. The third-order valence-corrected chi connectivity index (χ3v) is 2.74. The molecule has 0 aliphatic heterocycles. The number of aliphatic hydroxyl groups is 2. The molecule has 1 amide bonds. The Balaban J connectivity index is 2.35. The van der Waals surface area contributed by atoms with Gasteiger partial charge in [-0.3, -0.25) is 4.79 Å². The lowest BCUT2D eigenvalue weighted by atomic mass is 10.3. The maximum atomic E-state index is 11.8. The molecule has 0 spiro atoms. The number of benzene rings is 1. The molecule has 0 bridgehead atoms. The molecule has 6 heteroatoms. The monoisotopic (exact) mass is 283 g/mol. The number of nitrogens with zero attached hydrogens (tertiary/aromatic N) is 1. The summed E-state index contributed by atoms with van der Waals surface area (Å²) in [5, 5.41) is 17.7. The Hall–Kier alpha value is -1.79. The summed E-state index contributed by atoms with van der Waals surface area (Å²) >= 11 is 0. The zero-order chi connectivity index (χ0) is 14.8. The van der Waals surface area contributed by atoms with Gasteiger partial charge in [-0.15, -0.1) is 0 Å². The van der Waals surface area contributed by atoms with Gasteiger partial charge in [0.15, 0.2) is 0 Å². The third kappa shape index (κ3) is 5.46. The van der Waals surface area contributed by atoms with Gasteiger partial charge in [-0.05, 0) is 24.3 Å². The van der Waals surface area contributed by atoms with Crippen LogP contribution < -0.4 is 9.47 Å². The van der Waals surface area contributed by atoms with Gasteiger partial charge in [0.05, 0.1) is 33.4 Å². The lowest BCUT2D eigenvalue weighted by Gasteiger charge is -2.20. The minimum Gasteiger partial charge on any atom is -0.497 e. The molecule has 0 aliphatic rings. The van der Waals surface area contributed by atoms with Crippen molar-refractivity contribution in [1.82, 2.24) is 4.90 Å². The van der Waals surface area contributed by atoms with Crippen molar-refractivity contribution in [3.05, 3.63) is 24.3 Å². The van der Waals surface area contributed by atoms with Gasteiger partial charge in [-0.2, -0.15) is 0 Å². The van der Waals surface area contributed by atoms with Crippen molar-refractivity contribution in [3.8, 4) is 11.5 Å². The molecule has 0 aliphatic carbocycles. The molecule has 0 unspecified atom stereocenters. The minimum atomic E-state index is -0.151. The average Bonchev–Trinajstić information content (AvgIpc) is 2.47. The topological polar surface area (TPSA) is 79.2 Å². The highest BCUT2D eigenvalue weighted by atomic mass is 16.5. The van der Waals surface area contributed by atoms with Crippen molar-refractivity contribution in [1.29, 1.82) is 0 Å². The number of hydrogen-bond acceptors (Lipinski definition) is 5. The van der Waals surface area contributed by atoms with E-state index in [0.29, 0.717) is 5.75 Å². The maximum Gasteiger partial charge on any atom is 0.226 e. The van der Waals surface area contributed by atoms with Crippen molar-refractivity contribution in [2.75, 3.05) is 40.0 Å². The van der Waals surface area contributed by atoms with E-state index in [1.807, 2.05) is 0 Å². The first-order valence-electron chi connectivity index (χ1n) is 6.47. The van der Waals surface area contributed by atoms with Crippen LogP contribution in [0.15, 0.2) is 24.3 Å². The molecule has 20 heavy (non-hydrogen) atoms. The first-order valence-corrected chi connectivity index (χ1v) is 6.47. The Bertz CT molecular complexity index is 387. The van der Waals surface area contributed by atoms with Crippen LogP contribution in [0.5, 0.6) is 11.5 Å². The van der Waals surface area contributed by atoms with Gasteiger partial charge in [-0.1, -0.05) is 0 Å². The summed E-state index contributed by atoms with van der Waals surface area (Å²) in [6, 6.07) is 7.09. The van der Waals surface area contributed by atoms with Gasteiger partial charge >= 0.3 is 0 Å². The molecule has 112 valence electrons. The van der Waals surface area contributed by atoms with Crippen molar-refractivity contribution in [2.45, 2.75) is 6.42 Å². The van der Waals surface area contributed by atoms with Gasteiger partial charge in [0.25, 0.3) is 0 Å². The lowest BCUT2D eigenvalue weighted by Crippen LogP contribution is -2.36. The number of amides is 1. The Labute approximate surface area is 118 Å². The number of rotatable bonds is 9. The quantitative estimate of drug-likeness (QED) is 0.680. The molecule has 2 N–H and O–H groups in total. The van der Waals surface area contributed by atoms with E-state index in [1.165, 1.54) is 4.90 Å². The molecule has 0 saturated carbocycles. The molecule has 1 rings (SSSR count). The van der Waals surface area contributed by atoms with Crippen molar-refractivity contribution in [2.24, 2.45) is 0 Å². The summed E-state index contributed by atoms with van der Waals surface area (Å²) in [6.45, 7) is 0.457. The normalized spacial score (nSPS) is 10.2. The molecule has 0 radical (unpaired) electrons. The van der Waals surface area contributed by atoms with E-state index in [9.17, 15) is 4.79 Å². The molecule has 1 aromatic carbocycles. The van der Waals surface area contributed by atoms with Crippen LogP contribution in [-0.2, 0) is 4.79 Å². The van der Waals surface area contributed by atoms with Crippen LogP contribution in [0.1, 0.15) is 6.42 Å². The summed E-state index contributed by atoms with van der Waals surface area (Å²) in [5.41, 5.74) is 0. The van der Waals surface area contributed by atoms with E-state index >= 15 is 0 Å². The summed E-state index contributed by atoms with van der Waals surface area (Å²) in [6.07, 6.45) is 0.200. The van der Waals surface area contributed by atoms with E-state index in [4.69, 9.17) is 19.7 Å². The number of hydrogen-bond donors (Lipinski definition) is 2. The molecular formula is C14H21NO5. The summed E-state index contributed by atoms with van der Waals surface area (Å²) in [7, 11) is 1.59. The van der Waals surface area contributed by atoms with E-state index in [-0.39, 0.29) is 45.2 Å². The standard InChI is InChI=1S/C14H21NO5/c1-19-12-2-4-13(5-3-12)20-11-6-14(18)15(7-9-16)8-10-17/h2-5,16-17H,6-11H2,1H3. The highest BCUT2D eigenvalue weighted by Gasteiger charge is 2.12. The molecule has 0 fully saturated rings. The van der Waals surface area contributed by atoms with Crippen LogP contribution in [0, 0.1) is 0 Å². The zero-order valence-corrected chi connectivity index (χ0v) is 11.6. The van der Waals surface area contributed by atoms with Crippen LogP contribution >= 0.6 is 0 Å². The van der Waals surface area contributed by atoms with Crippen LogP contribution in [0.2, 0.25) is 0 Å². The summed E-state index contributed by atoms with van der Waals surface area (Å²) in [5.74, 6) is 1.25. The second-order valence-corrected chi connectivity index (χ2v) is 4.10. The fourth-order valence-corrected chi connectivity index (χ4v) is 1.69. The molecule has 0 atom stereocenters. The number of aliphatic hydroxyl groups excluding tert-OH is 2. The van der Waals surface area contributed by atoms with Crippen molar-refractivity contribution in [3.63, 3.8) is 0 Å². The first-order chi connectivity index (χ1) is 9.71. The van der Waals surface area contributed by atoms with Gasteiger partial charge in [0.2, 0.25) is 5.91 Å². The Morgan fingerprint density at radius 2 is 1.65 bits per heavy atom. The number of carbonyl (C=O) groups excluding carboxylic acids is 1. The number of ether oxygens (including phenoxy) is 2. The highest BCUT2D eigenvalue weighted by Crippen LogP contribution is 2.17. The third-order valence-electron chi connectivity index (χ3n) is 2.74. The van der Waals surface area contributed by atoms with Gasteiger partial charge in [-0.25, -0.2) is 0 Å². The van der Waals surface area contributed by atoms with Gasteiger partial charge in [0, 0.05) is 13.1 Å². The predicted molar refractivity (Wildman–Crippen MR) is 73.9 cm³/mol. The fraction of sp³-hybridized carbons (Fsp3) is 0.500. The lowest BCUT2D eigenvalue weighted by molar-refractivity contribution is -0.132. The van der Waals surface area contributed by atoms with Crippen molar-refractivity contribution >= 4 is 5.91 Å². The molecular weight excluding hydrogens is 262 g/mol. The van der Waals surface area contributed by atoms with Crippen molar-refractivity contribution < 1.29 is 24.5 Å². The second-order valence-electron chi connectivity index (χ2n) is 4.10.